The molecule has 17 heavy (non-hydrogen) atoms. The van der Waals surface area contributed by atoms with Gasteiger partial charge in [-0.15, -0.1) is 0 Å². The number of rotatable bonds is 1. The van der Waals surface area contributed by atoms with Crippen LogP contribution in [-0.2, 0) is 0 Å². The van der Waals surface area contributed by atoms with E-state index in [1.807, 2.05) is 24.3 Å². The number of aromatic nitrogens is 1. The Kier molecular flexibility index (Phi) is 2.96. The highest BCUT2D eigenvalue weighted by atomic mass is 35.5. The van der Waals surface area contributed by atoms with E-state index >= 15 is 0 Å². The quantitative estimate of drug-likeness (QED) is 0.648. The van der Waals surface area contributed by atoms with Crippen molar-refractivity contribution in [3.05, 3.63) is 47.8 Å². The first-order chi connectivity index (χ1) is 7.89. The van der Waals surface area contributed by atoms with Crippen LogP contribution >= 0.6 is 11.6 Å². The predicted molar refractivity (Wildman–Crippen MR) is 75.2 cm³/mol. The van der Waals surface area contributed by atoms with E-state index in [1.54, 1.807) is 0 Å². The highest BCUT2D eigenvalue weighted by Gasteiger charge is 2.20. The third-order valence-corrected chi connectivity index (χ3v) is 3.09. The van der Waals surface area contributed by atoms with E-state index in [9.17, 15) is 0 Å². The van der Waals surface area contributed by atoms with Gasteiger partial charge in [0.25, 0.3) is 0 Å². The van der Waals surface area contributed by atoms with Gasteiger partial charge in [0.05, 0.1) is 5.69 Å². The maximum Gasteiger partial charge on any atom is 0.130 e. The fourth-order valence-corrected chi connectivity index (χ4v) is 1.95. The molecule has 2 rings (SSSR count). The predicted octanol–water partition coefficient (Wildman–Crippen LogP) is 4.95. The minimum absolute atomic E-state index is 0.0134. The zero-order valence-electron chi connectivity index (χ0n) is 10.4. The summed E-state index contributed by atoms with van der Waals surface area (Å²) in [6.45, 7) is 10.6. The molecule has 1 nitrogen and oxygen atoms in total. The monoisotopic (exact) mass is 245 g/mol. The zero-order valence-corrected chi connectivity index (χ0v) is 11.2. The molecule has 0 spiro atoms. The van der Waals surface area contributed by atoms with E-state index in [0.717, 1.165) is 22.0 Å². The smallest absolute Gasteiger partial charge is 0.130 e. The number of hydrogen-bond acceptors (Lipinski definition) is 1. The SMILES string of the molecule is C=C(c1nc(Cl)cc2ccccc12)C(C)(C)C. The standard InChI is InChI=1S/C15H16ClN/c1-10(15(2,3)4)14-12-8-6-5-7-11(12)9-13(16)17-14/h5-9H,1H2,2-4H3. The number of pyridine rings is 1. The van der Waals surface area contributed by atoms with Crippen LogP contribution < -0.4 is 0 Å². The Morgan fingerprint density at radius 3 is 2.53 bits per heavy atom. The van der Waals surface area contributed by atoms with Gasteiger partial charge in [-0.25, -0.2) is 4.98 Å². The molecule has 88 valence electrons. The van der Waals surface area contributed by atoms with Gasteiger partial charge in [0.1, 0.15) is 5.15 Å². The van der Waals surface area contributed by atoms with Crippen LogP contribution in [0.15, 0.2) is 36.9 Å². The molecule has 0 fully saturated rings. The summed E-state index contributed by atoms with van der Waals surface area (Å²) in [5, 5.41) is 2.73. The van der Waals surface area contributed by atoms with E-state index in [-0.39, 0.29) is 5.41 Å². The Balaban J connectivity index is 2.73. The first-order valence-corrected chi connectivity index (χ1v) is 6.02. The summed E-state index contributed by atoms with van der Waals surface area (Å²) in [5.41, 5.74) is 1.90. The summed E-state index contributed by atoms with van der Waals surface area (Å²) in [6.07, 6.45) is 0. The van der Waals surface area contributed by atoms with E-state index in [4.69, 9.17) is 11.6 Å². The number of nitrogens with zero attached hydrogens (tertiary/aromatic N) is 1. The van der Waals surface area contributed by atoms with Gasteiger partial charge >= 0.3 is 0 Å². The van der Waals surface area contributed by atoms with Crippen LogP contribution in [0.5, 0.6) is 0 Å². The lowest BCUT2D eigenvalue weighted by atomic mass is 9.84. The molecular weight excluding hydrogens is 230 g/mol. The van der Waals surface area contributed by atoms with Crippen molar-refractivity contribution >= 4 is 27.9 Å². The number of allylic oxidation sites excluding steroid dienone is 1. The highest BCUT2D eigenvalue weighted by molar-refractivity contribution is 6.30. The molecule has 0 aliphatic heterocycles. The van der Waals surface area contributed by atoms with Crippen molar-refractivity contribution in [1.82, 2.24) is 4.98 Å². The van der Waals surface area contributed by atoms with E-state index < -0.39 is 0 Å². The molecule has 0 saturated heterocycles. The van der Waals surface area contributed by atoms with Gasteiger partial charge in [-0.2, -0.15) is 0 Å². The van der Waals surface area contributed by atoms with Crippen LogP contribution in [0.25, 0.3) is 16.3 Å². The Morgan fingerprint density at radius 2 is 1.88 bits per heavy atom. The minimum Gasteiger partial charge on any atom is -0.236 e. The zero-order chi connectivity index (χ0) is 12.6. The molecule has 0 radical (unpaired) electrons. The lowest BCUT2D eigenvalue weighted by molar-refractivity contribution is 0.566. The molecule has 1 heterocycles. The molecule has 0 bridgehead atoms. The van der Waals surface area contributed by atoms with Crippen LogP contribution in [0.1, 0.15) is 26.5 Å². The summed E-state index contributed by atoms with van der Waals surface area (Å²) >= 11 is 6.07. The molecule has 2 heteroatoms. The summed E-state index contributed by atoms with van der Waals surface area (Å²) in [7, 11) is 0. The molecule has 0 aliphatic carbocycles. The number of fused-ring (bicyclic) bond motifs is 1. The molecule has 1 aromatic carbocycles. The van der Waals surface area contributed by atoms with Crippen LogP contribution in [0.2, 0.25) is 5.15 Å². The van der Waals surface area contributed by atoms with E-state index in [2.05, 4.69) is 38.4 Å². The maximum atomic E-state index is 6.07. The lowest BCUT2D eigenvalue weighted by Crippen LogP contribution is -2.09. The van der Waals surface area contributed by atoms with Crippen molar-refractivity contribution in [2.45, 2.75) is 20.8 Å². The number of hydrogen-bond donors (Lipinski definition) is 0. The average molecular weight is 246 g/mol. The Bertz CT molecular complexity index is 579. The van der Waals surface area contributed by atoms with Crippen molar-refractivity contribution in [1.29, 1.82) is 0 Å². The fraction of sp³-hybridized carbons (Fsp3) is 0.267. The van der Waals surface area contributed by atoms with E-state index in [0.29, 0.717) is 5.15 Å². The number of halogens is 1. The van der Waals surface area contributed by atoms with Crippen LogP contribution in [0.3, 0.4) is 0 Å². The van der Waals surface area contributed by atoms with Crippen LogP contribution in [0.4, 0.5) is 0 Å². The van der Waals surface area contributed by atoms with Gasteiger partial charge in [0.2, 0.25) is 0 Å². The van der Waals surface area contributed by atoms with Crippen molar-refractivity contribution in [2.75, 3.05) is 0 Å². The molecule has 0 saturated carbocycles. The molecule has 0 N–H and O–H groups in total. The molecular formula is C15H16ClN. The van der Waals surface area contributed by atoms with Gasteiger partial charge in [0.15, 0.2) is 0 Å². The van der Waals surface area contributed by atoms with Crippen molar-refractivity contribution < 1.29 is 0 Å². The van der Waals surface area contributed by atoms with Crippen molar-refractivity contribution in [3.63, 3.8) is 0 Å². The molecule has 2 aromatic rings. The Morgan fingerprint density at radius 1 is 1.24 bits per heavy atom. The summed E-state index contributed by atoms with van der Waals surface area (Å²) < 4.78 is 0. The van der Waals surface area contributed by atoms with Crippen molar-refractivity contribution in [2.24, 2.45) is 5.41 Å². The van der Waals surface area contributed by atoms with Gasteiger partial charge in [-0.1, -0.05) is 63.2 Å². The number of benzene rings is 1. The van der Waals surface area contributed by atoms with E-state index in [1.165, 1.54) is 0 Å². The van der Waals surface area contributed by atoms with Gasteiger partial charge in [-0.3, -0.25) is 0 Å². The lowest BCUT2D eigenvalue weighted by Gasteiger charge is -2.22. The minimum atomic E-state index is -0.0134. The third kappa shape index (κ3) is 2.34. The first-order valence-electron chi connectivity index (χ1n) is 5.64. The highest BCUT2D eigenvalue weighted by Crippen LogP contribution is 2.35. The molecule has 0 atom stereocenters. The van der Waals surface area contributed by atoms with Crippen molar-refractivity contribution in [3.8, 4) is 0 Å². The largest absolute Gasteiger partial charge is 0.236 e. The summed E-state index contributed by atoms with van der Waals surface area (Å²) in [6, 6.07) is 10.0. The van der Waals surface area contributed by atoms with Crippen LogP contribution in [0, 0.1) is 5.41 Å². The van der Waals surface area contributed by atoms with Gasteiger partial charge in [-0.05, 0) is 22.4 Å². The normalized spacial score (nSPS) is 11.8. The summed E-state index contributed by atoms with van der Waals surface area (Å²) in [4.78, 5) is 4.43. The van der Waals surface area contributed by atoms with Crippen LogP contribution in [-0.4, -0.2) is 4.98 Å². The average Bonchev–Trinajstić information content (AvgIpc) is 2.25. The second-order valence-corrected chi connectivity index (χ2v) is 5.63. The third-order valence-electron chi connectivity index (χ3n) is 2.90. The fourth-order valence-electron chi connectivity index (χ4n) is 1.75. The van der Waals surface area contributed by atoms with Gasteiger partial charge < -0.3 is 0 Å². The summed E-state index contributed by atoms with van der Waals surface area (Å²) in [5.74, 6) is 0. The molecule has 0 amide bonds. The molecule has 1 aromatic heterocycles. The topological polar surface area (TPSA) is 12.9 Å². The second kappa shape index (κ2) is 4.15. The molecule has 0 aliphatic rings. The maximum absolute atomic E-state index is 6.07. The Hall–Kier alpha value is -1.34. The second-order valence-electron chi connectivity index (χ2n) is 5.24. The Labute approximate surface area is 107 Å². The molecule has 0 unspecified atom stereocenters. The first kappa shape index (κ1) is 12.1. The van der Waals surface area contributed by atoms with Gasteiger partial charge in [0, 0.05) is 5.39 Å².